The summed E-state index contributed by atoms with van der Waals surface area (Å²) in [6.07, 6.45) is 4.72. The Morgan fingerprint density at radius 1 is 1.06 bits per heavy atom. The fourth-order valence-electron chi connectivity index (χ4n) is 1.66. The third kappa shape index (κ3) is 3.06. The molecule has 0 saturated heterocycles. The maximum absolute atomic E-state index is 4.50. The minimum Gasteiger partial charge on any atom is -0.254 e. The number of nitrogens with zero attached hydrogens (tertiary/aromatic N) is 2. The topological polar surface area (TPSA) is 25.8 Å². The average Bonchev–Trinajstić information content (AvgIpc) is 2.47. The highest BCUT2D eigenvalue weighted by Crippen LogP contribution is 2.24. The van der Waals surface area contributed by atoms with E-state index in [0.29, 0.717) is 5.75 Å². The van der Waals surface area contributed by atoms with Crippen LogP contribution in [-0.4, -0.2) is 9.97 Å². The van der Waals surface area contributed by atoms with Gasteiger partial charge in [-0.2, -0.15) is 25.3 Å². The minimum atomic E-state index is 0.256. The zero-order valence-corrected chi connectivity index (χ0v) is 12.0. The lowest BCUT2D eigenvalue weighted by atomic mass is 10.1. The van der Waals surface area contributed by atoms with Gasteiger partial charge in [0.2, 0.25) is 0 Å². The molecule has 2 nitrogen and oxygen atoms in total. The molecule has 0 radical (unpaired) electrons. The molecule has 18 heavy (non-hydrogen) atoms. The van der Waals surface area contributed by atoms with E-state index in [0.717, 1.165) is 28.9 Å². The first-order chi connectivity index (χ1) is 8.74. The van der Waals surface area contributed by atoms with E-state index in [-0.39, 0.29) is 5.25 Å². The predicted octanol–water partition coefficient (Wildman–Crippen LogP) is 3.95. The molecule has 0 bridgehead atoms. The van der Waals surface area contributed by atoms with Crippen molar-refractivity contribution in [3.05, 3.63) is 47.8 Å². The zero-order chi connectivity index (χ0) is 13.0. The molecular weight excluding hydrogens is 260 g/mol. The average molecular weight is 276 g/mol. The van der Waals surface area contributed by atoms with E-state index in [1.54, 1.807) is 0 Å². The van der Waals surface area contributed by atoms with E-state index in [2.05, 4.69) is 48.2 Å². The summed E-state index contributed by atoms with van der Waals surface area (Å²) < 4.78 is 0. The smallest absolute Gasteiger partial charge is 0.0886 e. The van der Waals surface area contributed by atoms with Crippen molar-refractivity contribution in [2.24, 2.45) is 0 Å². The molecule has 4 heteroatoms. The van der Waals surface area contributed by atoms with Gasteiger partial charge in [-0.05, 0) is 29.7 Å². The first-order valence-corrected chi connectivity index (χ1v) is 7.09. The second kappa shape index (κ2) is 6.25. The monoisotopic (exact) mass is 276 g/mol. The Hall–Kier alpha value is -1.00. The number of rotatable bonds is 4. The molecule has 1 unspecified atom stereocenters. The van der Waals surface area contributed by atoms with Gasteiger partial charge in [0.25, 0.3) is 0 Å². The van der Waals surface area contributed by atoms with Crippen LogP contribution in [0.15, 0.2) is 36.7 Å². The number of hydrogen-bond acceptors (Lipinski definition) is 4. The van der Waals surface area contributed by atoms with Crippen LogP contribution < -0.4 is 0 Å². The Morgan fingerprint density at radius 2 is 1.72 bits per heavy atom. The molecule has 0 spiro atoms. The van der Waals surface area contributed by atoms with Crippen molar-refractivity contribution >= 4 is 25.3 Å². The summed E-state index contributed by atoms with van der Waals surface area (Å²) in [5.41, 5.74) is 4.04. The summed E-state index contributed by atoms with van der Waals surface area (Å²) in [4.78, 5) is 8.83. The van der Waals surface area contributed by atoms with Gasteiger partial charge in [-0.15, -0.1) is 0 Å². The first-order valence-electron chi connectivity index (χ1n) is 5.94. The summed E-state index contributed by atoms with van der Waals surface area (Å²) in [5.74, 6) is 0.706. The van der Waals surface area contributed by atoms with Crippen LogP contribution in [0.2, 0.25) is 0 Å². The molecule has 0 aliphatic rings. The van der Waals surface area contributed by atoms with E-state index in [4.69, 9.17) is 0 Å². The van der Waals surface area contributed by atoms with Crippen LogP contribution in [0.25, 0.3) is 11.4 Å². The lowest BCUT2D eigenvalue weighted by molar-refractivity contribution is 0.895. The molecule has 2 heterocycles. The fraction of sp³-hybridized carbons (Fsp3) is 0.286. The zero-order valence-electron chi connectivity index (χ0n) is 10.2. The second-order valence-electron chi connectivity index (χ2n) is 4.11. The lowest BCUT2D eigenvalue weighted by Gasteiger charge is -2.08. The van der Waals surface area contributed by atoms with Gasteiger partial charge in [-0.1, -0.05) is 19.1 Å². The molecular formula is C14H16N2S2. The fourth-order valence-corrected chi connectivity index (χ4v) is 2.00. The van der Waals surface area contributed by atoms with E-state index in [1.807, 2.05) is 30.6 Å². The molecule has 0 aromatic carbocycles. The van der Waals surface area contributed by atoms with Crippen molar-refractivity contribution in [2.45, 2.75) is 24.3 Å². The number of thiol groups is 2. The van der Waals surface area contributed by atoms with E-state index in [9.17, 15) is 0 Å². The SMILES string of the molecule is CCC(S)c1ccc(-c2ccc(CS)cn2)nc1. The van der Waals surface area contributed by atoms with Gasteiger partial charge in [-0.3, -0.25) is 9.97 Å². The van der Waals surface area contributed by atoms with Crippen LogP contribution in [-0.2, 0) is 5.75 Å². The quantitative estimate of drug-likeness (QED) is 0.827. The normalized spacial score (nSPS) is 12.4. The molecule has 0 amide bonds. The first kappa shape index (κ1) is 13.4. The van der Waals surface area contributed by atoms with E-state index in [1.165, 1.54) is 0 Å². The van der Waals surface area contributed by atoms with Gasteiger partial charge in [-0.25, -0.2) is 0 Å². The van der Waals surface area contributed by atoms with Gasteiger partial charge in [0.15, 0.2) is 0 Å². The van der Waals surface area contributed by atoms with E-state index >= 15 is 0 Å². The van der Waals surface area contributed by atoms with Crippen LogP contribution in [0.3, 0.4) is 0 Å². The van der Waals surface area contributed by atoms with Crippen molar-refractivity contribution in [1.29, 1.82) is 0 Å². The Kier molecular flexibility index (Phi) is 4.66. The minimum absolute atomic E-state index is 0.256. The summed E-state index contributed by atoms with van der Waals surface area (Å²) >= 11 is 8.72. The van der Waals surface area contributed by atoms with Gasteiger partial charge >= 0.3 is 0 Å². The van der Waals surface area contributed by atoms with Crippen molar-refractivity contribution in [1.82, 2.24) is 9.97 Å². The summed E-state index contributed by atoms with van der Waals surface area (Å²) in [6.45, 7) is 2.11. The molecule has 0 fully saturated rings. The maximum Gasteiger partial charge on any atom is 0.0886 e. The van der Waals surface area contributed by atoms with Crippen LogP contribution >= 0.6 is 25.3 Å². The van der Waals surface area contributed by atoms with Gasteiger partial charge in [0.05, 0.1) is 11.4 Å². The molecule has 0 aliphatic heterocycles. The Bertz CT molecular complexity index is 494. The number of pyridine rings is 2. The summed E-state index contributed by atoms with van der Waals surface area (Å²) in [6, 6.07) is 8.07. The molecule has 0 aliphatic carbocycles. The highest BCUT2D eigenvalue weighted by Gasteiger charge is 2.06. The van der Waals surface area contributed by atoms with Crippen molar-refractivity contribution in [3.8, 4) is 11.4 Å². The molecule has 2 aromatic rings. The third-order valence-electron chi connectivity index (χ3n) is 2.83. The Balaban J connectivity index is 2.22. The highest BCUT2D eigenvalue weighted by atomic mass is 32.1. The summed E-state index contributed by atoms with van der Waals surface area (Å²) in [7, 11) is 0. The summed E-state index contributed by atoms with van der Waals surface area (Å²) in [5, 5.41) is 0.256. The third-order valence-corrected chi connectivity index (χ3v) is 3.86. The van der Waals surface area contributed by atoms with Crippen LogP contribution in [0.5, 0.6) is 0 Å². The predicted molar refractivity (Wildman–Crippen MR) is 82.2 cm³/mol. The Morgan fingerprint density at radius 3 is 2.17 bits per heavy atom. The van der Waals surface area contributed by atoms with Gasteiger partial charge in [0, 0.05) is 23.4 Å². The molecule has 2 aromatic heterocycles. The van der Waals surface area contributed by atoms with Crippen LogP contribution in [0.1, 0.15) is 29.7 Å². The molecule has 2 rings (SSSR count). The number of hydrogen-bond donors (Lipinski definition) is 2. The second-order valence-corrected chi connectivity index (χ2v) is 5.05. The molecule has 0 N–H and O–H groups in total. The van der Waals surface area contributed by atoms with Crippen LogP contribution in [0, 0.1) is 0 Å². The Labute approximate surface area is 119 Å². The molecule has 1 atom stereocenters. The number of aromatic nitrogens is 2. The van der Waals surface area contributed by atoms with Gasteiger partial charge in [0.1, 0.15) is 0 Å². The van der Waals surface area contributed by atoms with Gasteiger partial charge < -0.3 is 0 Å². The van der Waals surface area contributed by atoms with E-state index < -0.39 is 0 Å². The van der Waals surface area contributed by atoms with Crippen LogP contribution in [0.4, 0.5) is 0 Å². The van der Waals surface area contributed by atoms with Crippen molar-refractivity contribution in [2.75, 3.05) is 0 Å². The standard InChI is InChI=1S/C14H16N2S2/c1-2-14(18)11-4-6-13(16-8-11)12-5-3-10(9-17)7-15-12/h3-8,14,17-18H,2,9H2,1H3. The largest absolute Gasteiger partial charge is 0.254 e. The maximum atomic E-state index is 4.50. The molecule has 0 saturated carbocycles. The van der Waals surface area contributed by atoms with Crippen molar-refractivity contribution in [3.63, 3.8) is 0 Å². The van der Waals surface area contributed by atoms with Crippen molar-refractivity contribution < 1.29 is 0 Å². The molecule has 94 valence electrons. The lowest BCUT2D eigenvalue weighted by Crippen LogP contribution is -1.93. The highest BCUT2D eigenvalue weighted by molar-refractivity contribution is 7.80.